The number of carbonyl (C=O) groups excluding carboxylic acids is 1. The van der Waals surface area contributed by atoms with Gasteiger partial charge < -0.3 is 14.4 Å². The number of pyridine rings is 2. The zero-order valence-corrected chi connectivity index (χ0v) is 12.3. The molecule has 0 aromatic carbocycles. The zero-order valence-electron chi connectivity index (χ0n) is 12.3. The second-order valence-corrected chi connectivity index (χ2v) is 4.98. The summed E-state index contributed by atoms with van der Waals surface area (Å²) in [5, 5.41) is 0. The van der Waals surface area contributed by atoms with E-state index in [0.29, 0.717) is 31.1 Å². The van der Waals surface area contributed by atoms with Crippen molar-refractivity contribution in [2.24, 2.45) is 0 Å². The summed E-state index contributed by atoms with van der Waals surface area (Å²) in [7, 11) is 1.55. The van der Waals surface area contributed by atoms with E-state index in [9.17, 15) is 4.79 Å². The van der Waals surface area contributed by atoms with E-state index in [1.165, 1.54) is 6.20 Å². The molecule has 1 aliphatic heterocycles. The minimum atomic E-state index is -0.119. The maximum atomic E-state index is 12.6. The molecule has 0 saturated carbocycles. The molecule has 1 saturated heterocycles. The van der Waals surface area contributed by atoms with E-state index in [2.05, 4.69) is 9.97 Å². The van der Waals surface area contributed by atoms with Crippen molar-refractivity contribution in [2.45, 2.75) is 6.10 Å². The van der Waals surface area contributed by atoms with Crippen LogP contribution in [0, 0.1) is 0 Å². The molecule has 1 atom stereocenters. The number of nitrogens with zero attached hydrogens (tertiary/aromatic N) is 3. The van der Waals surface area contributed by atoms with Crippen LogP contribution in [0.3, 0.4) is 0 Å². The third-order valence-electron chi connectivity index (χ3n) is 3.62. The molecule has 6 heteroatoms. The van der Waals surface area contributed by atoms with E-state index in [0.717, 1.165) is 5.56 Å². The molecule has 1 aliphatic rings. The Bertz CT molecular complexity index is 631. The minimum Gasteiger partial charge on any atom is -0.481 e. The third kappa shape index (κ3) is 3.07. The van der Waals surface area contributed by atoms with Gasteiger partial charge >= 0.3 is 0 Å². The van der Waals surface area contributed by atoms with Gasteiger partial charge in [-0.1, -0.05) is 0 Å². The van der Waals surface area contributed by atoms with Crippen LogP contribution in [0.25, 0.3) is 0 Å². The first-order valence-corrected chi connectivity index (χ1v) is 7.09. The van der Waals surface area contributed by atoms with Crippen molar-refractivity contribution < 1.29 is 14.3 Å². The summed E-state index contributed by atoms with van der Waals surface area (Å²) in [6, 6.07) is 7.24. The molecule has 2 aromatic heterocycles. The topological polar surface area (TPSA) is 64.5 Å². The summed E-state index contributed by atoms with van der Waals surface area (Å²) >= 11 is 0. The molecule has 3 rings (SSSR count). The number of morpholine rings is 1. The van der Waals surface area contributed by atoms with Crippen LogP contribution in [0.15, 0.2) is 42.9 Å². The lowest BCUT2D eigenvalue weighted by Gasteiger charge is -2.33. The highest BCUT2D eigenvalue weighted by Crippen LogP contribution is 2.22. The summed E-state index contributed by atoms with van der Waals surface area (Å²) < 4.78 is 10.8. The van der Waals surface area contributed by atoms with Gasteiger partial charge in [0.1, 0.15) is 6.10 Å². The number of ether oxygens (including phenoxy) is 2. The first-order chi connectivity index (χ1) is 10.8. The lowest BCUT2D eigenvalue weighted by atomic mass is 10.1. The molecule has 3 heterocycles. The molecule has 0 unspecified atom stereocenters. The van der Waals surface area contributed by atoms with Gasteiger partial charge in [-0.25, -0.2) is 4.98 Å². The molecule has 0 spiro atoms. The van der Waals surface area contributed by atoms with Crippen molar-refractivity contribution in [1.82, 2.24) is 14.9 Å². The summed E-state index contributed by atoms with van der Waals surface area (Å²) in [5.41, 5.74) is 1.58. The average molecular weight is 299 g/mol. The smallest absolute Gasteiger partial charge is 0.255 e. The van der Waals surface area contributed by atoms with Crippen molar-refractivity contribution in [2.75, 3.05) is 26.8 Å². The van der Waals surface area contributed by atoms with Crippen molar-refractivity contribution in [3.05, 3.63) is 54.0 Å². The number of hydrogen-bond acceptors (Lipinski definition) is 5. The zero-order chi connectivity index (χ0) is 15.4. The molecular weight excluding hydrogens is 282 g/mol. The second-order valence-electron chi connectivity index (χ2n) is 4.98. The summed E-state index contributed by atoms with van der Waals surface area (Å²) in [6.07, 6.45) is 4.88. The summed E-state index contributed by atoms with van der Waals surface area (Å²) in [4.78, 5) is 22.4. The van der Waals surface area contributed by atoms with Crippen molar-refractivity contribution in [3.8, 4) is 5.88 Å². The number of methoxy groups -OCH3 is 1. The molecular formula is C16H17N3O3. The molecule has 114 valence electrons. The fraction of sp³-hybridized carbons (Fsp3) is 0.312. The Labute approximate surface area is 128 Å². The van der Waals surface area contributed by atoms with Crippen molar-refractivity contribution in [1.29, 1.82) is 0 Å². The number of rotatable bonds is 3. The number of amides is 1. The van der Waals surface area contributed by atoms with Crippen LogP contribution in [0.5, 0.6) is 5.88 Å². The van der Waals surface area contributed by atoms with Crippen LogP contribution in [-0.2, 0) is 4.74 Å². The molecule has 0 aliphatic carbocycles. The Hall–Kier alpha value is -2.47. The molecule has 22 heavy (non-hydrogen) atoms. The lowest BCUT2D eigenvalue weighted by molar-refractivity contribution is -0.0228. The molecule has 6 nitrogen and oxygen atoms in total. The normalized spacial score (nSPS) is 18.0. The van der Waals surface area contributed by atoms with E-state index in [4.69, 9.17) is 9.47 Å². The highest BCUT2D eigenvalue weighted by molar-refractivity contribution is 5.94. The van der Waals surface area contributed by atoms with Crippen LogP contribution in [0.2, 0.25) is 0 Å². The Morgan fingerprint density at radius 3 is 2.82 bits per heavy atom. The molecule has 1 fully saturated rings. The highest BCUT2D eigenvalue weighted by atomic mass is 16.5. The van der Waals surface area contributed by atoms with E-state index in [1.807, 2.05) is 12.1 Å². The quantitative estimate of drug-likeness (QED) is 0.863. The molecule has 0 radical (unpaired) electrons. The first-order valence-electron chi connectivity index (χ1n) is 7.09. The van der Waals surface area contributed by atoms with Crippen molar-refractivity contribution in [3.63, 3.8) is 0 Å². The van der Waals surface area contributed by atoms with E-state index in [1.54, 1.807) is 36.5 Å². The van der Waals surface area contributed by atoms with Gasteiger partial charge in [-0.15, -0.1) is 0 Å². The monoisotopic (exact) mass is 299 g/mol. The number of carbonyl (C=O) groups is 1. The largest absolute Gasteiger partial charge is 0.481 e. The maximum absolute atomic E-state index is 12.6. The fourth-order valence-corrected chi connectivity index (χ4v) is 2.42. The molecule has 0 bridgehead atoms. The molecule has 1 amide bonds. The van der Waals surface area contributed by atoms with Crippen LogP contribution < -0.4 is 4.74 Å². The number of hydrogen-bond donors (Lipinski definition) is 0. The van der Waals surface area contributed by atoms with Gasteiger partial charge in [0.25, 0.3) is 5.91 Å². The maximum Gasteiger partial charge on any atom is 0.255 e. The van der Waals surface area contributed by atoms with Gasteiger partial charge in [-0.3, -0.25) is 9.78 Å². The Kier molecular flexibility index (Phi) is 4.29. The molecule has 0 N–H and O–H groups in total. The van der Waals surface area contributed by atoms with E-state index >= 15 is 0 Å². The van der Waals surface area contributed by atoms with Crippen LogP contribution >= 0.6 is 0 Å². The predicted molar refractivity (Wildman–Crippen MR) is 79.6 cm³/mol. The van der Waals surface area contributed by atoms with E-state index in [-0.39, 0.29) is 12.0 Å². The van der Waals surface area contributed by atoms with Gasteiger partial charge in [0.15, 0.2) is 0 Å². The van der Waals surface area contributed by atoms with Crippen LogP contribution in [0.1, 0.15) is 22.0 Å². The van der Waals surface area contributed by atoms with Crippen LogP contribution in [0.4, 0.5) is 0 Å². The average Bonchev–Trinajstić information content (AvgIpc) is 2.62. The first kappa shape index (κ1) is 14.5. The van der Waals surface area contributed by atoms with Gasteiger partial charge in [0.05, 0.1) is 25.8 Å². The third-order valence-corrected chi connectivity index (χ3v) is 3.62. The highest BCUT2D eigenvalue weighted by Gasteiger charge is 2.26. The molecule has 2 aromatic rings. The minimum absolute atomic E-state index is 0.0440. The SMILES string of the molecule is COc1ccc(C(=O)N2CCO[C@@H](c3ccncc3)C2)cn1. The van der Waals surface area contributed by atoms with Crippen LogP contribution in [-0.4, -0.2) is 47.6 Å². The Morgan fingerprint density at radius 2 is 2.14 bits per heavy atom. The Morgan fingerprint density at radius 1 is 1.32 bits per heavy atom. The fourth-order valence-electron chi connectivity index (χ4n) is 2.42. The van der Waals surface area contributed by atoms with Crippen molar-refractivity contribution >= 4 is 5.91 Å². The van der Waals surface area contributed by atoms with Gasteiger partial charge in [-0.05, 0) is 23.8 Å². The van der Waals surface area contributed by atoms with Gasteiger partial charge in [0, 0.05) is 31.2 Å². The summed E-state index contributed by atoms with van der Waals surface area (Å²) in [6.45, 7) is 1.61. The standard InChI is InChI=1S/C16H17N3O3/c1-21-15-3-2-13(10-18-15)16(20)19-8-9-22-14(11-19)12-4-6-17-7-5-12/h2-7,10,14H,8-9,11H2,1H3/t14-/m1/s1. The van der Waals surface area contributed by atoms with E-state index < -0.39 is 0 Å². The van der Waals surface area contributed by atoms with Gasteiger partial charge in [0.2, 0.25) is 5.88 Å². The lowest BCUT2D eigenvalue weighted by Crippen LogP contribution is -2.42. The number of aromatic nitrogens is 2. The predicted octanol–water partition coefficient (Wildman–Crippen LogP) is 1.70. The summed E-state index contributed by atoms with van der Waals surface area (Å²) in [5.74, 6) is 0.450. The Balaban J connectivity index is 1.72. The van der Waals surface area contributed by atoms with Gasteiger partial charge in [-0.2, -0.15) is 0 Å². The second kappa shape index (κ2) is 6.53.